The lowest BCUT2D eigenvalue weighted by atomic mass is 9.94. The van der Waals surface area contributed by atoms with Crippen molar-refractivity contribution in [2.75, 3.05) is 19.8 Å². The van der Waals surface area contributed by atoms with Crippen LogP contribution in [-0.2, 0) is 90.5 Å². The van der Waals surface area contributed by atoms with Crippen molar-refractivity contribution < 1.29 is 90.5 Å². The van der Waals surface area contributed by atoms with Crippen LogP contribution in [0.2, 0.25) is 0 Å². The maximum atomic E-state index is 12.4. The van der Waals surface area contributed by atoms with Gasteiger partial charge in [0.05, 0.1) is 13.2 Å². The quantitative estimate of drug-likeness (QED) is 0.117. The SMILES string of the molecule is C=CCO[C@H]1O[C@H]([C@H](CO[C@@H]2O[C@H](COC(C)=O)[C@@H](OC(C)=O)[C@H](OC(C)=O)[C@H]2NC(C)=O)OC(C)=O)[C@@H](OC(C)=O)[C@H](OC(C)=O)[C@@H]1OC(C)=O. The Balaban J connectivity index is 2.66. The molecule has 0 aliphatic carbocycles. The van der Waals surface area contributed by atoms with Crippen molar-refractivity contribution in [2.45, 2.75) is 123 Å². The summed E-state index contributed by atoms with van der Waals surface area (Å²) in [6.45, 7) is 10.7. The lowest BCUT2D eigenvalue weighted by Crippen LogP contribution is -2.67. The van der Waals surface area contributed by atoms with E-state index in [4.69, 9.17) is 52.1 Å². The van der Waals surface area contributed by atoms with Gasteiger partial charge in [-0.15, -0.1) is 6.58 Å². The van der Waals surface area contributed by atoms with E-state index in [1.807, 2.05) is 0 Å². The fourth-order valence-electron chi connectivity index (χ4n) is 5.43. The number of amides is 1. The Kier molecular flexibility index (Phi) is 17.1. The average Bonchev–Trinajstić information content (AvgIpc) is 3.00. The summed E-state index contributed by atoms with van der Waals surface area (Å²) in [5, 5.41) is 2.53. The number of hydrogen-bond donors (Lipinski definition) is 1. The zero-order chi connectivity index (χ0) is 39.3. The van der Waals surface area contributed by atoms with Crippen molar-refractivity contribution in [2.24, 2.45) is 0 Å². The van der Waals surface area contributed by atoms with Gasteiger partial charge in [-0.1, -0.05) is 6.08 Å². The second-order valence-electron chi connectivity index (χ2n) is 11.5. The van der Waals surface area contributed by atoms with Gasteiger partial charge in [0.15, 0.2) is 49.2 Å². The molecule has 0 radical (unpaired) electrons. The third-order valence-electron chi connectivity index (χ3n) is 7.00. The summed E-state index contributed by atoms with van der Waals surface area (Å²) in [4.78, 5) is 97.6. The molecule has 0 spiro atoms. The Morgan fingerprint density at radius 3 is 1.63 bits per heavy atom. The van der Waals surface area contributed by atoms with Crippen molar-refractivity contribution >= 4 is 47.7 Å². The minimum Gasteiger partial charge on any atom is -0.463 e. The van der Waals surface area contributed by atoms with Crippen molar-refractivity contribution in [1.29, 1.82) is 0 Å². The molecule has 0 aromatic rings. The highest BCUT2D eigenvalue weighted by Crippen LogP contribution is 2.33. The monoisotopic (exact) mass is 747 g/mol. The second-order valence-corrected chi connectivity index (χ2v) is 11.5. The minimum atomic E-state index is -1.63. The Morgan fingerprint density at radius 1 is 0.615 bits per heavy atom. The highest BCUT2D eigenvalue weighted by molar-refractivity contribution is 5.74. The van der Waals surface area contributed by atoms with Crippen molar-refractivity contribution in [3.63, 3.8) is 0 Å². The van der Waals surface area contributed by atoms with Gasteiger partial charge in [0.2, 0.25) is 5.91 Å². The molecule has 2 aliphatic rings. The van der Waals surface area contributed by atoms with Crippen LogP contribution >= 0.6 is 0 Å². The van der Waals surface area contributed by atoms with Crippen LogP contribution in [0.1, 0.15) is 55.4 Å². The molecule has 2 aliphatic heterocycles. The standard InChI is InChI=1S/C32H45NO19/c1-10-11-42-32-30(50-21(9)41)29(49-20(8)40)28(48-19(7)39)26(52-32)22(45-16(4)36)13-44-31-24(33-14(2)34)27(47-18(6)38)25(46-17(5)37)23(51-31)12-43-15(3)35/h10,22-32H,1,11-13H2,2-9H3,(H,33,34)/t22-,23+,24+,25+,26+,27+,28+,29-,30-,31+,32-/m0/s1. The van der Waals surface area contributed by atoms with Crippen LogP contribution in [0.3, 0.4) is 0 Å². The fraction of sp³-hybridized carbons (Fsp3) is 0.688. The first-order valence-electron chi connectivity index (χ1n) is 15.9. The van der Waals surface area contributed by atoms with Crippen molar-refractivity contribution in [3.05, 3.63) is 12.7 Å². The Labute approximate surface area is 298 Å². The molecule has 0 saturated carbocycles. The van der Waals surface area contributed by atoms with Crippen molar-refractivity contribution in [3.8, 4) is 0 Å². The van der Waals surface area contributed by atoms with E-state index in [0.717, 1.165) is 55.4 Å². The molecule has 0 unspecified atom stereocenters. The van der Waals surface area contributed by atoms with E-state index in [1.54, 1.807) is 0 Å². The first kappa shape index (κ1) is 43.5. The molecule has 0 aromatic carbocycles. The van der Waals surface area contributed by atoms with Gasteiger partial charge >= 0.3 is 41.8 Å². The predicted molar refractivity (Wildman–Crippen MR) is 167 cm³/mol. The maximum Gasteiger partial charge on any atom is 0.303 e. The summed E-state index contributed by atoms with van der Waals surface area (Å²) in [5.41, 5.74) is 0. The predicted octanol–water partition coefficient (Wildman–Crippen LogP) is -0.687. The Morgan fingerprint density at radius 2 is 1.13 bits per heavy atom. The summed E-state index contributed by atoms with van der Waals surface area (Å²) >= 11 is 0. The van der Waals surface area contributed by atoms with Gasteiger partial charge in [0.25, 0.3) is 0 Å². The summed E-state index contributed by atoms with van der Waals surface area (Å²) in [6.07, 6.45) is -13.9. The summed E-state index contributed by atoms with van der Waals surface area (Å²) in [6, 6.07) is -1.40. The molecule has 1 amide bonds. The van der Waals surface area contributed by atoms with Crippen LogP contribution in [0.5, 0.6) is 0 Å². The highest BCUT2D eigenvalue weighted by Gasteiger charge is 2.56. The molecular weight excluding hydrogens is 702 g/mol. The van der Waals surface area contributed by atoms with E-state index in [1.165, 1.54) is 6.08 Å². The first-order chi connectivity index (χ1) is 24.3. The number of ether oxygens (including phenoxy) is 11. The van der Waals surface area contributed by atoms with Crippen LogP contribution in [0.4, 0.5) is 0 Å². The molecule has 0 aromatic heterocycles. The highest BCUT2D eigenvalue weighted by atomic mass is 16.7. The molecular formula is C32H45NO19. The Bertz CT molecular complexity index is 1330. The molecule has 2 fully saturated rings. The number of carbonyl (C=O) groups is 8. The van der Waals surface area contributed by atoms with E-state index in [9.17, 15) is 38.4 Å². The normalized spacial score (nSPS) is 28.8. The lowest BCUT2D eigenvalue weighted by Gasteiger charge is -2.47. The third-order valence-corrected chi connectivity index (χ3v) is 7.00. The van der Waals surface area contributed by atoms with Crippen molar-refractivity contribution in [1.82, 2.24) is 5.32 Å². The fourth-order valence-corrected chi connectivity index (χ4v) is 5.43. The van der Waals surface area contributed by atoms with Crippen LogP contribution in [0.15, 0.2) is 12.7 Å². The number of nitrogens with one attached hydrogen (secondary N) is 1. The van der Waals surface area contributed by atoms with E-state index in [-0.39, 0.29) is 6.61 Å². The van der Waals surface area contributed by atoms with Gasteiger partial charge in [-0.25, -0.2) is 0 Å². The summed E-state index contributed by atoms with van der Waals surface area (Å²) < 4.78 is 61.6. The molecule has 52 heavy (non-hydrogen) atoms. The molecule has 20 nitrogen and oxygen atoms in total. The van der Waals surface area contributed by atoms with Gasteiger partial charge in [-0.3, -0.25) is 38.4 Å². The van der Waals surface area contributed by atoms with Crippen LogP contribution < -0.4 is 5.32 Å². The number of rotatable bonds is 16. The van der Waals surface area contributed by atoms with Crippen LogP contribution in [0, 0.1) is 0 Å². The van der Waals surface area contributed by atoms with Gasteiger partial charge in [0.1, 0.15) is 24.9 Å². The van der Waals surface area contributed by atoms with Gasteiger partial charge in [0, 0.05) is 55.4 Å². The molecule has 0 bridgehead atoms. The average molecular weight is 748 g/mol. The summed E-state index contributed by atoms with van der Waals surface area (Å²) in [7, 11) is 0. The van der Waals surface area contributed by atoms with E-state index >= 15 is 0 Å². The number of carbonyl (C=O) groups excluding carboxylic acids is 8. The van der Waals surface area contributed by atoms with Gasteiger partial charge in [-0.2, -0.15) is 0 Å². The summed E-state index contributed by atoms with van der Waals surface area (Å²) in [5.74, 6) is -6.60. The van der Waals surface area contributed by atoms with Crippen LogP contribution in [-0.4, -0.2) is 135 Å². The molecule has 2 heterocycles. The van der Waals surface area contributed by atoms with Gasteiger partial charge < -0.3 is 57.4 Å². The molecule has 20 heteroatoms. The van der Waals surface area contributed by atoms with Crippen LogP contribution in [0.25, 0.3) is 0 Å². The maximum absolute atomic E-state index is 12.4. The first-order valence-corrected chi connectivity index (χ1v) is 15.9. The molecule has 2 rings (SSSR count). The van der Waals surface area contributed by atoms with E-state index in [2.05, 4.69) is 11.9 Å². The zero-order valence-corrected chi connectivity index (χ0v) is 30.0. The zero-order valence-electron chi connectivity index (χ0n) is 30.0. The smallest absolute Gasteiger partial charge is 0.303 e. The Hall–Kier alpha value is -4.66. The molecule has 2 saturated heterocycles. The third kappa shape index (κ3) is 13.5. The van der Waals surface area contributed by atoms with Gasteiger partial charge in [-0.05, 0) is 0 Å². The minimum absolute atomic E-state index is 0.173. The molecule has 1 N–H and O–H groups in total. The molecule has 292 valence electrons. The lowest BCUT2D eigenvalue weighted by molar-refractivity contribution is -0.322. The second kappa shape index (κ2) is 20.4. The molecule has 11 atom stereocenters. The topological polar surface area (TPSA) is 250 Å². The number of hydrogen-bond acceptors (Lipinski definition) is 19. The largest absolute Gasteiger partial charge is 0.463 e. The van der Waals surface area contributed by atoms with E-state index in [0.29, 0.717) is 0 Å². The number of esters is 7. The van der Waals surface area contributed by atoms with E-state index < -0.39 is 128 Å².